The zero-order valence-corrected chi connectivity index (χ0v) is 14.4. The largest absolute Gasteiger partial charge is 0.313 e. The summed E-state index contributed by atoms with van der Waals surface area (Å²) in [6.45, 7) is 10.2. The fourth-order valence-electron chi connectivity index (χ4n) is 2.13. The molecule has 1 rings (SSSR count). The van der Waals surface area contributed by atoms with Crippen molar-refractivity contribution < 1.29 is 0 Å². The number of nitrogens with one attached hydrogen (secondary N) is 1. The van der Waals surface area contributed by atoms with E-state index in [0.717, 1.165) is 24.6 Å². The van der Waals surface area contributed by atoms with Crippen molar-refractivity contribution in [3.8, 4) is 0 Å². The molecule has 0 aliphatic heterocycles. The summed E-state index contributed by atoms with van der Waals surface area (Å²) < 4.78 is 0. The Bertz CT molecular complexity index is 347. The monoisotopic (exact) mass is 293 g/mol. The van der Waals surface area contributed by atoms with E-state index in [1.807, 2.05) is 0 Å². The van der Waals surface area contributed by atoms with Gasteiger partial charge in [0.15, 0.2) is 0 Å². The van der Waals surface area contributed by atoms with Crippen molar-refractivity contribution in [1.82, 2.24) is 5.32 Å². The first-order chi connectivity index (χ1) is 9.69. The first-order valence-corrected chi connectivity index (χ1v) is 9.17. The molecule has 1 aromatic carbocycles. The standard InChI is InChI=1S/C18H31NS/c1-5-12-19-18(14-20-15(4)6-2)13-17-10-8-16(7-3)9-11-17/h8-11,15,18-19H,5-7,12-14H2,1-4H3. The molecule has 0 aliphatic carbocycles. The number of aryl methyl sites for hydroxylation is 1. The van der Waals surface area contributed by atoms with Crippen LogP contribution in [0.15, 0.2) is 24.3 Å². The molecule has 1 aromatic rings. The van der Waals surface area contributed by atoms with E-state index in [1.54, 1.807) is 0 Å². The van der Waals surface area contributed by atoms with Gasteiger partial charge in [-0.25, -0.2) is 0 Å². The van der Waals surface area contributed by atoms with Gasteiger partial charge in [-0.2, -0.15) is 11.8 Å². The average molecular weight is 294 g/mol. The van der Waals surface area contributed by atoms with Crippen LogP contribution in [0.25, 0.3) is 0 Å². The number of rotatable bonds is 10. The molecule has 114 valence electrons. The molecule has 1 N–H and O–H groups in total. The quantitative estimate of drug-likeness (QED) is 0.671. The molecule has 0 spiro atoms. The van der Waals surface area contributed by atoms with E-state index < -0.39 is 0 Å². The van der Waals surface area contributed by atoms with Gasteiger partial charge in [-0.15, -0.1) is 0 Å². The van der Waals surface area contributed by atoms with Crippen LogP contribution in [0.5, 0.6) is 0 Å². The van der Waals surface area contributed by atoms with Crippen molar-refractivity contribution in [3.05, 3.63) is 35.4 Å². The lowest BCUT2D eigenvalue weighted by atomic mass is 10.0. The van der Waals surface area contributed by atoms with Crippen molar-refractivity contribution in [2.24, 2.45) is 0 Å². The van der Waals surface area contributed by atoms with Crippen molar-refractivity contribution in [2.45, 2.75) is 64.7 Å². The first kappa shape index (κ1) is 17.6. The molecule has 0 bridgehead atoms. The molecule has 2 unspecified atom stereocenters. The van der Waals surface area contributed by atoms with Crippen molar-refractivity contribution in [2.75, 3.05) is 12.3 Å². The highest BCUT2D eigenvalue weighted by molar-refractivity contribution is 7.99. The third-order valence-electron chi connectivity index (χ3n) is 3.75. The summed E-state index contributed by atoms with van der Waals surface area (Å²) in [5.41, 5.74) is 2.89. The van der Waals surface area contributed by atoms with Crippen LogP contribution in [0, 0.1) is 0 Å². The van der Waals surface area contributed by atoms with Gasteiger partial charge < -0.3 is 5.32 Å². The average Bonchev–Trinajstić information content (AvgIpc) is 2.50. The van der Waals surface area contributed by atoms with E-state index in [9.17, 15) is 0 Å². The number of hydrogen-bond acceptors (Lipinski definition) is 2. The fourth-order valence-corrected chi connectivity index (χ4v) is 3.16. The third kappa shape index (κ3) is 6.81. The Kier molecular flexibility index (Phi) is 9.04. The van der Waals surface area contributed by atoms with Crippen LogP contribution in [0.3, 0.4) is 0 Å². The van der Waals surface area contributed by atoms with Crippen molar-refractivity contribution >= 4 is 11.8 Å². The topological polar surface area (TPSA) is 12.0 Å². The van der Waals surface area contributed by atoms with E-state index in [-0.39, 0.29) is 0 Å². The minimum Gasteiger partial charge on any atom is -0.313 e. The van der Waals surface area contributed by atoms with E-state index in [0.29, 0.717) is 6.04 Å². The van der Waals surface area contributed by atoms with Crippen LogP contribution in [-0.2, 0) is 12.8 Å². The van der Waals surface area contributed by atoms with Crippen LogP contribution in [-0.4, -0.2) is 23.6 Å². The molecular weight excluding hydrogens is 262 g/mol. The maximum atomic E-state index is 3.71. The van der Waals surface area contributed by atoms with E-state index in [4.69, 9.17) is 0 Å². The maximum absolute atomic E-state index is 3.71. The summed E-state index contributed by atoms with van der Waals surface area (Å²) >= 11 is 2.10. The molecular formula is C18H31NS. The zero-order valence-electron chi connectivity index (χ0n) is 13.6. The van der Waals surface area contributed by atoms with Crippen molar-refractivity contribution in [3.63, 3.8) is 0 Å². The van der Waals surface area contributed by atoms with E-state index in [1.165, 1.54) is 29.7 Å². The lowest BCUT2D eigenvalue weighted by Gasteiger charge is -2.20. The molecule has 0 radical (unpaired) electrons. The lowest BCUT2D eigenvalue weighted by molar-refractivity contribution is 0.549. The van der Waals surface area contributed by atoms with Crippen LogP contribution >= 0.6 is 11.8 Å². The second kappa shape index (κ2) is 10.3. The molecule has 0 aliphatic rings. The Morgan fingerprint density at radius 2 is 1.70 bits per heavy atom. The van der Waals surface area contributed by atoms with Crippen LogP contribution < -0.4 is 5.32 Å². The van der Waals surface area contributed by atoms with E-state index in [2.05, 4.69) is 69.0 Å². The summed E-state index contributed by atoms with van der Waals surface area (Å²) in [4.78, 5) is 0. The van der Waals surface area contributed by atoms with Gasteiger partial charge in [0, 0.05) is 17.0 Å². The highest BCUT2D eigenvalue weighted by atomic mass is 32.2. The number of benzene rings is 1. The normalized spacial score (nSPS) is 14.2. The maximum Gasteiger partial charge on any atom is 0.0198 e. The van der Waals surface area contributed by atoms with Crippen LogP contribution in [0.4, 0.5) is 0 Å². The Labute approximate surface area is 129 Å². The lowest BCUT2D eigenvalue weighted by Crippen LogP contribution is -2.34. The van der Waals surface area contributed by atoms with Gasteiger partial charge in [0.1, 0.15) is 0 Å². The molecule has 1 nitrogen and oxygen atoms in total. The molecule has 0 saturated carbocycles. The molecule has 20 heavy (non-hydrogen) atoms. The minimum atomic E-state index is 0.599. The minimum absolute atomic E-state index is 0.599. The molecule has 0 saturated heterocycles. The summed E-state index contributed by atoms with van der Waals surface area (Å²) in [5.74, 6) is 1.21. The Hall–Kier alpha value is -0.470. The summed E-state index contributed by atoms with van der Waals surface area (Å²) in [5, 5.41) is 4.47. The summed E-state index contributed by atoms with van der Waals surface area (Å²) in [6.07, 6.45) is 4.74. The highest BCUT2D eigenvalue weighted by Gasteiger charge is 2.11. The highest BCUT2D eigenvalue weighted by Crippen LogP contribution is 2.17. The molecule has 2 heteroatoms. The fraction of sp³-hybridized carbons (Fsp3) is 0.667. The van der Waals surface area contributed by atoms with Gasteiger partial charge in [0.25, 0.3) is 0 Å². The second-order valence-corrected chi connectivity index (χ2v) is 7.05. The van der Waals surface area contributed by atoms with Gasteiger partial charge in [0.2, 0.25) is 0 Å². The van der Waals surface area contributed by atoms with Gasteiger partial charge in [-0.05, 0) is 43.4 Å². The molecule has 0 fully saturated rings. The predicted molar refractivity (Wildman–Crippen MR) is 93.8 cm³/mol. The van der Waals surface area contributed by atoms with Crippen LogP contribution in [0.2, 0.25) is 0 Å². The zero-order chi connectivity index (χ0) is 14.8. The van der Waals surface area contributed by atoms with Gasteiger partial charge in [-0.3, -0.25) is 0 Å². The Balaban J connectivity index is 2.53. The van der Waals surface area contributed by atoms with Gasteiger partial charge in [0.05, 0.1) is 0 Å². The number of hydrogen-bond donors (Lipinski definition) is 1. The van der Waals surface area contributed by atoms with Crippen LogP contribution in [0.1, 0.15) is 51.7 Å². The first-order valence-electron chi connectivity index (χ1n) is 8.12. The van der Waals surface area contributed by atoms with Gasteiger partial charge in [-0.1, -0.05) is 52.0 Å². The SMILES string of the molecule is CCCNC(CSC(C)CC)Cc1ccc(CC)cc1. The van der Waals surface area contributed by atoms with E-state index >= 15 is 0 Å². The smallest absolute Gasteiger partial charge is 0.0198 e. The molecule has 0 aromatic heterocycles. The third-order valence-corrected chi connectivity index (χ3v) is 5.25. The Morgan fingerprint density at radius 1 is 1.05 bits per heavy atom. The summed E-state index contributed by atoms with van der Waals surface area (Å²) in [7, 11) is 0. The second-order valence-electron chi connectivity index (χ2n) is 5.58. The molecule has 0 amide bonds. The molecule has 2 atom stereocenters. The molecule has 0 heterocycles. The van der Waals surface area contributed by atoms with Crippen molar-refractivity contribution in [1.29, 1.82) is 0 Å². The predicted octanol–water partition coefficient (Wildman–Crippen LogP) is 4.69. The Morgan fingerprint density at radius 3 is 2.25 bits per heavy atom. The number of thioether (sulfide) groups is 1. The summed E-state index contributed by atoms with van der Waals surface area (Å²) in [6, 6.07) is 9.74. The van der Waals surface area contributed by atoms with Gasteiger partial charge >= 0.3 is 0 Å².